The first-order valence-electron chi connectivity index (χ1n) is 9.82. The second kappa shape index (κ2) is 6.53. The molecule has 2 saturated heterocycles. The SMILES string of the molecule is CS(=O)(=O)N1CCC(N2CC(OCC3CC3)C23CCCCC3)CC1. The van der Waals surface area contributed by atoms with Gasteiger partial charge in [-0.1, -0.05) is 19.3 Å². The highest BCUT2D eigenvalue weighted by molar-refractivity contribution is 7.88. The van der Waals surface area contributed by atoms with Gasteiger partial charge in [-0.2, -0.15) is 0 Å². The highest BCUT2D eigenvalue weighted by atomic mass is 32.2. The van der Waals surface area contributed by atoms with E-state index in [1.807, 2.05) is 0 Å². The van der Waals surface area contributed by atoms with Crippen LogP contribution in [0.4, 0.5) is 0 Å². The molecule has 5 nitrogen and oxygen atoms in total. The van der Waals surface area contributed by atoms with Crippen LogP contribution in [-0.2, 0) is 14.8 Å². The van der Waals surface area contributed by atoms with Gasteiger partial charge in [0.25, 0.3) is 0 Å². The number of hydrogen-bond donors (Lipinski definition) is 0. The highest BCUT2D eigenvalue weighted by Gasteiger charge is 2.56. The van der Waals surface area contributed by atoms with Crippen LogP contribution in [0.2, 0.25) is 0 Å². The van der Waals surface area contributed by atoms with E-state index < -0.39 is 10.0 Å². The zero-order valence-corrected chi connectivity index (χ0v) is 15.8. The third-order valence-corrected chi connectivity index (χ3v) is 8.12. The predicted molar refractivity (Wildman–Crippen MR) is 94.4 cm³/mol. The fraction of sp³-hybridized carbons (Fsp3) is 1.00. The quantitative estimate of drug-likeness (QED) is 0.758. The molecule has 1 spiro atoms. The number of nitrogens with zero attached hydrogens (tertiary/aromatic N) is 2. The topological polar surface area (TPSA) is 49.9 Å². The standard InChI is InChI=1S/C18H32N2O3S/c1-24(21,22)19-11-7-16(8-12-19)20-13-17(23-14-15-5-6-15)18(20)9-3-2-4-10-18/h15-17H,2-14H2,1H3. The maximum absolute atomic E-state index is 11.7. The summed E-state index contributed by atoms with van der Waals surface area (Å²) in [5.74, 6) is 0.831. The Kier molecular flexibility index (Phi) is 4.69. The molecular formula is C18H32N2O3S. The summed E-state index contributed by atoms with van der Waals surface area (Å²) in [6, 6.07) is 0.543. The molecule has 2 heterocycles. The Balaban J connectivity index is 1.39. The fourth-order valence-electron chi connectivity index (χ4n) is 5.12. The molecule has 0 bridgehead atoms. The van der Waals surface area contributed by atoms with Gasteiger partial charge in [0.2, 0.25) is 10.0 Å². The molecule has 1 atom stereocenters. The average molecular weight is 357 g/mol. The van der Waals surface area contributed by atoms with Crippen molar-refractivity contribution in [1.29, 1.82) is 0 Å². The number of piperidine rings is 1. The predicted octanol–water partition coefficient (Wildman–Crippen LogP) is 2.22. The van der Waals surface area contributed by atoms with E-state index >= 15 is 0 Å². The van der Waals surface area contributed by atoms with Gasteiger partial charge in [-0.15, -0.1) is 0 Å². The Morgan fingerprint density at radius 3 is 2.29 bits per heavy atom. The molecule has 138 valence electrons. The minimum absolute atomic E-state index is 0.269. The lowest BCUT2D eigenvalue weighted by molar-refractivity contribution is -0.202. The van der Waals surface area contributed by atoms with Crippen molar-refractivity contribution in [3.63, 3.8) is 0 Å². The smallest absolute Gasteiger partial charge is 0.211 e. The molecule has 0 amide bonds. The van der Waals surface area contributed by atoms with E-state index in [-0.39, 0.29) is 5.54 Å². The number of likely N-dealkylation sites (tertiary alicyclic amines) is 1. The summed E-state index contributed by atoms with van der Waals surface area (Å²) in [5, 5.41) is 0. The largest absolute Gasteiger partial charge is 0.375 e. The van der Waals surface area contributed by atoms with Gasteiger partial charge in [-0.05, 0) is 44.4 Å². The second-order valence-electron chi connectivity index (χ2n) is 8.48. The Labute approximate surface area is 146 Å². The lowest BCUT2D eigenvalue weighted by Gasteiger charge is -2.63. The molecule has 4 fully saturated rings. The van der Waals surface area contributed by atoms with E-state index in [4.69, 9.17) is 4.74 Å². The maximum Gasteiger partial charge on any atom is 0.211 e. The van der Waals surface area contributed by atoms with Crippen molar-refractivity contribution in [2.75, 3.05) is 32.5 Å². The van der Waals surface area contributed by atoms with Gasteiger partial charge in [0, 0.05) is 37.8 Å². The highest BCUT2D eigenvalue weighted by Crippen LogP contribution is 2.48. The van der Waals surface area contributed by atoms with E-state index in [0.717, 1.165) is 31.9 Å². The number of hydrogen-bond acceptors (Lipinski definition) is 4. The lowest BCUT2D eigenvalue weighted by Crippen LogP contribution is -2.75. The Morgan fingerprint density at radius 2 is 1.71 bits per heavy atom. The third kappa shape index (κ3) is 3.27. The van der Waals surface area contributed by atoms with E-state index in [0.29, 0.717) is 25.2 Å². The van der Waals surface area contributed by atoms with E-state index in [2.05, 4.69) is 4.90 Å². The number of rotatable bonds is 5. The van der Waals surface area contributed by atoms with Crippen LogP contribution in [0.25, 0.3) is 0 Å². The van der Waals surface area contributed by atoms with Crippen molar-refractivity contribution in [2.45, 2.75) is 75.5 Å². The summed E-state index contributed by atoms with van der Waals surface area (Å²) in [5.41, 5.74) is 0.269. The molecule has 2 aliphatic heterocycles. The average Bonchev–Trinajstić information content (AvgIpc) is 3.38. The molecule has 0 aromatic rings. The van der Waals surface area contributed by atoms with Crippen LogP contribution < -0.4 is 0 Å². The first kappa shape index (κ1) is 17.3. The van der Waals surface area contributed by atoms with Gasteiger partial charge in [0.15, 0.2) is 0 Å². The third-order valence-electron chi connectivity index (χ3n) is 6.82. The molecule has 4 rings (SSSR count). The van der Waals surface area contributed by atoms with Crippen molar-refractivity contribution in [2.24, 2.45) is 5.92 Å². The number of ether oxygens (including phenoxy) is 1. The van der Waals surface area contributed by atoms with Gasteiger partial charge >= 0.3 is 0 Å². The molecule has 0 aromatic carbocycles. The van der Waals surface area contributed by atoms with Gasteiger partial charge in [-0.3, -0.25) is 4.90 Å². The van der Waals surface area contributed by atoms with Gasteiger partial charge in [-0.25, -0.2) is 12.7 Å². The second-order valence-corrected chi connectivity index (χ2v) is 10.5. The van der Waals surface area contributed by atoms with Gasteiger partial charge in [0.05, 0.1) is 12.4 Å². The monoisotopic (exact) mass is 356 g/mol. The molecule has 24 heavy (non-hydrogen) atoms. The maximum atomic E-state index is 11.7. The molecule has 0 radical (unpaired) electrons. The molecule has 0 N–H and O–H groups in total. The minimum atomic E-state index is -3.03. The van der Waals surface area contributed by atoms with Crippen LogP contribution >= 0.6 is 0 Å². The van der Waals surface area contributed by atoms with Crippen molar-refractivity contribution >= 4 is 10.0 Å². The first-order valence-corrected chi connectivity index (χ1v) is 11.7. The Hall–Kier alpha value is -0.170. The summed E-state index contributed by atoms with van der Waals surface area (Å²) < 4.78 is 31.5. The van der Waals surface area contributed by atoms with Gasteiger partial charge < -0.3 is 4.74 Å². The van der Waals surface area contributed by atoms with Crippen molar-refractivity contribution in [1.82, 2.24) is 9.21 Å². The molecule has 4 aliphatic rings. The Bertz CT molecular complexity index is 547. The summed E-state index contributed by atoms with van der Waals surface area (Å²) in [4.78, 5) is 2.71. The molecule has 6 heteroatoms. The Morgan fingerprint density at radius 1 is 1.04 bits per heavy atom. The van der Waals surface area contributed by atoms with Crippen LogP contribution in [-0.4, -0.2) is 67.8 Å². The zero-order valence-electron chi connectivity index (χ0n) is 15.0. The fourth-order valence-corrected chi connectivity index (χ4v) is 5.99. The van der Waals surface area contributed by atoms with Crippen LogP contribution in [0.1, 0.15) is 57.8 Å². The zero-order chi connectivity index (χ0) is 16.8. The summed E-state index contributed by atoms with van der Waals surface area (Å²) in [6.45, 7) is 3.40. The van der Waals surface area contributed by atoms with Crippen LogP contribution in [0.5, 0.6) is 0 Å². The van der Waals surface area contributed by atoms with E-state index in [1.54, 1.807) is 4.31 Å². The lowest BCUT2D eigenvalue weighted by atomic mass is 9.69. The van der Waals surface area contributed by atoms with Crippen LogP contribution in [0.15, 0.2) is 0 Å². The van der Waals surface area contributed by atoms with Crippen molar-refractivity contribution in [3.05, 3.63) is 0 Å². The molecule has 0 aromatic heterocycles. The summed E-state index contributed by atoms with van der Waals surface area (Å²) in [7, 11) is -3.03. The van der Waals surface area contributed by atoms with Crippen molar-refractivity contribution < 1.29 is 13.2 Å². The molecule has 2 aliphatic carbocycles. The number of sulfonamides is 1. The van der Waals surface area contributed by atoms with E-state index in [1.165, 1.54) is 51.2 Å². The van der Waals surface area contributed by atoms with E-state index in [9.17, 15) is 8.42 Å². The summed E-state index contributed by atoms with van der Waals surface area (Å²) >= 11 is 0. The first-order chi connectivity index (χ1) is 11.5. The summed E-state index contributed by atoms with van der Waals surface area (Å²) in [6.07, 6.45) is 13.0. The molecular weight excluding hydrogens is 324 g/mol. The van der Waals surface area contributed by atoms with Crippen LogP contribution in [0.3, 0.4) is 0 Å². The molecule has 1 unspecified atom stereocenters. The van der Waals surface area contributed by atoms with Gasteiger partial charge in [0.1, 0.15) is 0 Å². The van der Waals surface area contributed by atoms with Crippen LogP contribution in [0, 0.1) is 5.92 Å². The normalized spacial score (nSPS) is 32.8. The van der Waals surface area contributed by atoms with Crippen molar-refractivity contribution in [3.8, 4) is 0 Å². The minimum Gasteiger partial charge on any atom is -0.375 e. The molecule has 2 saturated carbocycles.